The number of fused-ring (bicyclic) bond motifs is 4. The zero-order chi connectivity index (χ0) is 20.5. The molecule has 1 amide bonds. The molecule has 7 nitrogen and oxygen atoms in total. The van der Waals surface area contributed by atoms with Crippen LogP contribution in [0.15, 0.2) is 23.1 Å². The Bertz CT molecular complexity index is 953. The van der Waals surface area contributed by atoms with E-state index in [2.05, 4.69) is 21.2 Å². The van der Waals surface area contributed by atoms with Gasteiger partial charge in [0, 0.05) is 61.2 Å². The Balaban J connectivity index is 1.51. The minimum Gasteiger partial charge on any atom is -0.341 e. The van der Waals surface area contributed by atoms with Gasteiger partial charge in [0.25, 0.3) is 5.56 Å². The van der Waals surface area contributed by atoms with Crippen molar-refractivity contribution in [3.63, 3.8) is 0 Å². The van der Waals surface area contributed by atoms with Gasteiger partial charge in [0.1, 0.15) is 0 Å². The van der Waals surface area contributed by atoms with Gasteiger partial charge in [-0.05, 0) is 38.6 Å². The number of pyridine rings is 1. The average molecular weight is 416 g/mol. The number of carbonyl (C=O) groups excluding carboxylic acids is 1. The summed E-state index contributed by atoms with van der Waals surface area (Å²) in [6.07, 6.45) is 4.88. The molecule has 2 aromatic heterocycles. The summed E-state index contributed by atoms with van der Waals surface area (Å²) in [6, 6.07) is 4.09. The van der Waals surface area contributed by atoms with E-state index in [1.54, 1.807) is 11.8 Å². The lowest BCUT2D eigenvalue weighted by Gasteiger charge is -2.43. The van der Waals surface area contributed by atoms with E-state index >= 15 is 0 Å². The van der Waals surface area contributed by atoms with E-state index < -0.39 is 0 Å². The van der Waals surface area contributed by atoms with Crippen LogP contribution >= 0.6 is 11.8 Å². The fourth-order valence-corrected chi connectivity index (χ4v) is 5.13. The standard InChI is InChI=1S/C21H29N5O2S/c1-14-18(7-22-23-14)11-24(2)10-16-4-5-19-17-6-15(9-26(19)21(16)28)8-25(12-17)20(27)13-29-3/h4-5,7,15,17H,6,8-13H2,1-3H3,(H,22,23)/t15-,17+/m0/s1. The largest absolute Gasteiger partial charge is 0.341 e. The summed E-state index contributed by atoms with van der Waals surface area (Å²) < 4.78 is 1.97. The second-order valence-electron chi connectivity index (χ2n) is 8.42. The van der Waals surface area contributed by atoms with Crippen LogP contribution in [-0.4, -0.2) is 62.6 Å². The number of likely N-dealkylation sites (tertiary alicyclic amines) is 1. The molecule has 0 unspecified atom stereocenters. The third kappa shape index (κ3) is 4.14. The van der Waals surface area contributed by atoms with Crippen molar-refractivity contribution in [3.05, 3.63) is 51.2 Å². The number of rotatable bonds is 6. The number of hydrogen-bond acceptors (Lipinski definition) is 5. The van der Waals surface area contributed by atoms with Gasteiger partial charge in [0.2, 0.25) is 5.91 Å². The number of hydrogen-bond donors (Lipinski definition) is 1. The average Bonchev–Trinajstić information content (AvgIpc) is 3.09. The number of aromatic amines is 1. The molecule has 1 fully saturated rings. The van der Waals surface area contributed by atoms with Gasteiger partial charge in [-0.1, -0.05) is 6.07 Å². The van der Waals surface area contributed by atoms with Crippen LogP contribution in [-0.2, 0) is 24.4 Å². The summed E-state index contributed by atoms with van der Waals surface area (Å²) in [5.41, 5.74) is 4.25. The van der Waals surface area contributed by atoms with Crippen molar-refractivity contribution >= 4 is 17.7 Å². The Kier molecular flexibility index (Phi) is 5.83. The fourth-order valence-electron chi connectivity index (χ4n) is 4.70. The van der Waals surface area contributed by atoms with Crippen LogP contribution in [0.1, 0.15) is 34.9 Å². The maximum Gasteiger partial charge on any atom is 0.255 e. The Hall–Kier alpha value is -2.06. The lowest BCUT2D eigenvalue weighted by atomic mass is 9.83. The van der Waals surface area contributed by atoms with E-state index in [9.17, 15) is 9.59 Å². The number of aromatic nitrogens is 3. The molecule has 1 saturated heterocycles. The van der Waals surface area contributed by atoms with Crippen LogP contribution in [0, 0.1) is 12.8 Å². The lowest BCUT2D eigenvalue weighted by molar-refractivity contribution is -0.131. The highest BCUT2D eigenvalue weighted by atomic mass is 32.2. The van der Waals surface area contributed by atoms with Gasteiger partial charge in [-0.25, -0.2) is 0 Å². The van der Waals surface area contributed by atoms with Gasteiger partial charge >= 0.3 is 0 Å². The molecule has 0 spiro atoms. The molecule has 2 bridgehead atoms. The molecular weight excluding hydrogens is 386 g/mol. The highest BCUT2D eigenvalue weighted by Crippen LogP contribution is 2.35. The molecule has 2 aliphatic heterocycles. The van der Waals surface area contributed by atoms with Gasteiger partial charge in [0.05, 0.1) is 11.9 Å². The fraction of sp³-hybridized carbons (Fsp3) is 0.571. The molecule has 4 rings (SSSR count). The van der Waals surface area contributed by atoms with Crippen molar-refractivity contribution in [2.24, 2.45) is 5.92 Å². The van der Waals surface area contributed by atoms with E-state index in [1.807, 2.05) is 42.0 Å². The Morgan fingerprint density at radius 3 is 2.79 bits per heavy atom. The Morgan fingerprint density at radius 2 is 2.07 bits per heavy atom. The maximum atomic E-state index is 13.2. The van der Waals surface area contributed by atoms with Crippen LogP contribution in [0.25, 0.3) is 0 Å². The summed E-state index contributed by atoms with van der Waals surface area (Å²) in [6.45, 7) is 5.58. The number of thioether (sulfide) groups is 1. The van der Waals surface area contributed by atoms with E-state index in [-0.39, 0.29) is 17.4 Å². The van der Waals surface area contributed by atoms with Crippen molar-refractivity contribution < 1.29 is 4.79 Å². The molecule has 0 saturated carbocycles. The summed E-state index contributed by atoms with van der Waals surface area (Å²) in [5.74, 6) is 1.39. The Morgan fingerprint density at radius 1 is 1.28 bits per heavy atom. The number of amides is 1. The van der Waals surface area contributed by atoms with E-state index in [4.69, 9.17) is 0 Å². The van der Waals surface area contributed by atoms with Crippen LogP contribution in [0.3, 0.4) is 0 Å². The maximum absolute atomic E-state index is 13.2. The van der Waals surface area contributed by atoms with Crippen LogP contribution in [0.2, 0.25) is 0 Å². The van der Waals surface area contributed by atoms with E-state index in [0.29, 0.717) is 24.8 Å². The molecule has 2 aliphatic rings. The third-order valence-corrected chi connectivity index (χ3v) is 6.65. The quantitative estimate of drug-likeness (QED) is 0.779. The minimum absolute atomic E-state index is 0.122. The molecule has 156 valence electrons. The van der Waals surface area contributed by atoms with Crippen LogP contribution in [0.5, 0.6) is 0 Å². The number of nitrogens with zero attached hydrogens (tertiary/aromatic N) is 4. The number of carbonyl (C=O) groups is 1. The second kappa shape index (κ2) is 8.36. The Labute approximate surface area is 175 Å². The normalized spacial score (nSPS) is 20.8. The summed E-state index contributed by atoms with van der Waals surface area (Å²) in [7, 11) is 2.03. The van der Waals surface area contributed by atoms with Gasteiger partial charge in [-0.2, -0.15) is 16.9 Å². The molecule has 0 aliphatic carbocycles. The minimum atomic E-state index is 0.122. The third-order valence-electron chi connectivity index (χ3n) is 6.12. The van der Waals surface area contributed by atoms with Crippen molar-refractivity contribution in [1.82, 2.24) is 24.6 Å². The smallest absolute Gasteiger partial charge is 0.255 e. The molecule has 29 heavy (non-hydrogen) atoms. The summed E-state index contributed by atoms with van der Waals surface area (Å²) >= 11 is 1.57. The van der Waals surface area contributed by atoms with Crippen LogP contribution in [0.4, 0.5) is 0 Å². The molecule has 8 heteroatoms. The summed E-state index contributed by atoms with van der Waals surface area (Å²) in [5, 5.41) is 7.03. The molecule has 1 N–H and O–H groups in total. The van der Waals surface area contributed by atoms with Crippen molar-refractivity contribution in [2.75, 3.05) is 32.1 Å². The van der Waals surface area contributed by atoms with Gasteiger partial charge < -0.3 is 9.47 Å². The highest BCUT2D eigenvalue weighted by molar-refractivity contribution is 7.99. The van der Waals surface area contributed by atoms with E-state index in [0.717, 1.165) is 48.6 Å². The second-order valence-corrected chi connectivity index (χ2v) is 9.29. The zero-order valence-electron chi connectivity index (χ0n) is 17.4. The first-order valence-electron chi connectivity index (χ1n) is 10.1. The van der Waals surface area contributed by atoms with Crippen LogP contribution < -0.4 is 5.56 Å². The van der Waals surface area contributed by atoms with Gasteiger partial charge in [-0.3, -0.25) is 19.6 Å². The highest BCUT2D eigenvalue weighted by Gasteiger charge is 2.36. The summed E-state index contributed by atoms with van der Waals surface area (Å²) in [4.78, 5) is 29.7. The van der Waals surface area contributed by atoms with Crippen molar-refractivity contribution in [2.45, 2.75) is 38.9 Å². The van der Waals surface area contributed by atoms with Crippen molar-refractivity contribution in [3.8, 4) is 0 Å². The number of aryl methyl sites for hydroxylation is 1. The molecular formula is C21H29N5O2S. The molecule has 0 aromatic carbocycles. The predicted octanol–water partition coefficient (Wildman–Crippen LogP) is 1.82. The first-order valence-corrected chi connectivity index (χ1v) is 11.5. The SMILES string of the molecule is CSCC(=O)N1C[C@@H]2C[C@H](C1)c1ccc(CN(C)Cc3cn[nH]c3C)c(=O)n1C2. The molecule has 0 radical (unpaired) electrons. The van der Waals surface area contributed by atoms with Crippen molar-refractivity contribution in [1.29, 1.82) is 0 Å². The molecule has 4 heterocycles. The zero-order valence-corrected chi connectivity index (χ0v) is 18.2. The molecule has 2 aromatic rings. The van der Waals surface area contributed by atoms with E-state index in [1.165, 1.54) is 0 Å². The van der Waals surface area contributed by atoms with Gasteiger partial charge in [0.15, 0.2) is 0 Å². The first-order chi connectivity index (χ1) is 14.0. The lowest BCUT2D eigenvalue weighted by Crippen LogP contribution is -2.50. The number of piperidine rings is 1. The van der Waals surface area contributed by atoms with Gasteiger partial charge in [-0.15, -0.1) is 0 Å². The molecule has 2 atom stereocenters. The monoisotopic (exact) mass is 415 g/mol. The first kappa shape index (κ1) is 20.2. The number of nitrogens with one attached hydrogen (secondary N) is 1. The predicted molar refractivity (Wildman–Crippen MR) is 115 cm³/mol. The number of H-pyrrole nitrogens is 1. The topological polar surface area (TPSA) is 74.2 Å².